The van der Waals surface area contributed by atoms with Gasteiger partial charge in [0.05, 0.1) is 16.4 Å². The molecule has 130 valence electrons. The number of thiazole rings is 1. The number of hydrogen-bond donors (Lipinski definition) is 2. The first-order valence-corrected chi connectivity index (χ1v) is 9.21. The van der Waals surface area contributed by atoms with Crippen LogP contribution in [0.4, 0.5) is 16.2 Å². The third-order valence-electron chi connectivity index (χ3n) is 3.90. The van der Waals surface area contributed by atoms with Crippen LogP contribution in [0.5, 0.6) is 0 Å². The molecule has 2 N–H and O–H groups in total. The standard InChI is InChI=1S/C19H15ClN4OS/c1-12-2-7-15(20)16(10-12)22-18(25)21-14-5-3-13(4-6-14)17-11-24-8-9-26-19(24)23-17/h2-11H,1H3,(H2,21,22,25). The Kier molecular flexibility index (Phi) is 4.36. The van der Waals surface area contributed by atoms with E-state index in [4.69, 9.17) is 11.6 Å². The van der Waals surface area contributed by atoms with Crippen LogP contribution in [0.1, 0.15) is 5.56 Å². The smallest absolute Gasteiger partial charge is 0.308 e. The summed E-state index contributed by atoms with van der Waals surface area (Å²) in [6.07, 6.45) is 3.97. The van der Waals surface area contributed by atoms with Gasteiger partial charge in [-0.2, -0.15) is 0 Å². The number of nitrogens with one attached hydrogen (secondary N) is 2. The van der Waals surface area contributed by atoms with Crippen molar-refractivity contribution in [3.8, 4) is 11.3 Å². The number of imidazole rings is 1. The molecule has 0 bridgehead atoms. The number of amides is 2. The summed E-state index contributed by atoms with van der Waals surface area (Å²) in [5.41, 5.74) is 4.19. The maximum absolute atomic E-state index is 12.2. The SMILES string of the molecule is Cc1ccc(Cl)c(NC(=O)Nc2ccc(-c3cn4ccsc4n3)cc2)c1. The van der Waals surface area contributed by atoms with Gasteiger partial charge >= 0.3 is 6.03 Å². The molecule has 0 unspecified atom stereocenters. The summed E-state index contributed by atoms with van der Waals surface area (Å²) in [7, 11) is 0. The molecule has 0 saturated heterocycles. The molecule has 0 spiro atoms. The first-order valence-electron chi connectivity index (χ1n) is 7.95. The van der Waals surface area contributed by atoms with Crippen molar-refractivity contribution in [2.75, 3.05) is 10.6 Å². The van der Waals surface area contributed by atoms with Gasteiger partial charge in [0.15, 0.2) is 4.96 Å². The summed E-state index contributed by atoms with van der Waals surface area (Å²) in [5.74, 6) is 0. The number of urea groups is 1. The van der Waals surface area contributed by atoms with Gasteiger partial charge in [-0.05, 0) is 36.8 Å². The predicted molar refractivity (Wildman–Crippen MR) is 107 cm³/mol. The number of hydrogen-bond acceptors (Lipinski definition) is 3. The lowest BCUT2D eigenvalue weighted by Gasteiger charge is -2.10. The number of carbonyl (C=O) groups is 1. The highest BCUT2D eigenvalue weighted by atomic mass is 35.5. The molecule has 2 heterocycles. The van der Waals surface area contributed by atoms with Gasteiger partial charge in [0.1, 0.15) is 0 Å². The molecular formula is C19H15ClN4OS. The van der Waals surface area contributed by atoms with E-state index in [0.29, 0.717) is 16.4 Å². The van der Waals surface area contributed by atoms with Crippen LogP contribution in [0.2, 0.25) is 5.02 Å². The van der Waals surface area contributed by atoms with Gasteiger partial charge in [0, 0.05) is 29.0 Å². The van der Waals surface area contributed by atoms with Crippen LogP contribution >= 0.6 is 22.9 Å². The first kappa shape index (κ1) is 16.6. The highest BCUT2D eigenvalue weighted by molar-refractivity contribution is 7.15. The highest BCUT2D eigenvalue weighted by Gasteiger charge is 2.08. The molecule has 2 aromatic carbocycles. The molecule has 0 radical (unpaired) electrons. The number of carbonyl (C=O) groups excluding carboxylic acids is 1. The number of anilines is 2. The number of aryl methyl sites for hydroxylation is 1. The number of nitrogens with zero attached hydrogens (tertiary/aromatic N) is 2. The molecule has 0 saturated carbocycles. The zero-order chi connectivity index (χ0) is 18.1. The van der Waals surface area contributed by atoms with Crippen LogP contribution in [0.3, 0.4) is 0 Å². The Morgan fingerprint density at radius 2 is 1.96 bits per heavy atom. The summed E-state index contributed by atoms with van der Waals surface area (Å²) in [6, 6.07) is 12.7. The average Bonchev–Trinajstić information content (AvgIpc) is 3.21. The second-order valence-electron chi connectivity index (χ2n) is 5.86. The minimum absolute atomic E-state index is 0.340. The molecule has 4 rings (SSSR count). The van der Waals surface area contributed by atoms with Gasteiger partial charge in [-0.15, -0.1) is 11.3 Å². The molecule has 0 aliphatic rings. The molecule has 0 atom stereocenters. The van der Waals surface area contributed by atoms with E-state index in [-0.39, 0.29) is 6.03 Å². The van der Waals surface area contributed by atoms with Gasteiger partial charge in [0.2, 0.25) is 0 Å². The topological polar surface area (TPSA) is 58.4 Å². The molecule has 0 aliphatic carbocycles. The summed E-state index contributed by atoms with van der Waals surface area (Å²) < 4.78 is 1.99. The van der Waals surface area contributed by atoms with Gasteiger partial charge in [-0.1, -0.05) is 29.8 Å². The van der Waals surface area contributed by atoms with E-state index >= 15 is 0 Å². The number of rotatable bonds is 3. The van der Waals surface area contributed by atoms with E-state index in [2.05, 4.69) is 15.6 Å². The van der Waals surface area contributed by atoms with Crippen LogP contribution in [-0.4, -0.2) is 15.4 Å². The minimum atomic E-state index is -0.340. The van der Waals surface area contributed by atoms with Crippen molar-refractivity contribution in [3.63, 3.8) is 0 Å². The summed E-state index contributed by atoms with van der Waals surface area (Å²) in [4.78, 5) is 17.7. The number of benzene rings is 2. The van der Waals surface area contributed by atoms with Gasteiger partial charge < -0.3 is 10.6 Å². The van der Waals surface area contributed by atoms with Crippen molar-refractivity contribution in [1.29, 1.82) is 0 Å². The fraction of sp³-hybridized carbons (Fsp3) is 0.0526. The van der Waals surface area contributed by atoms with Crippen molar-refractivity contribution in [1.82, 2.24) is 9.38 Å². The molecule has 5 nitrogen and oxygen atoms in total. The predicted octanol–water partition coefficient (Wildman–Crippen LogP) is 5.67. The molecule has 0 fully saturated rings. The van der Waals surface area contributed by atoms with Crippen molar-refractivity contribution in [2.24, 2.45) is 0 Å². The minimum Gasteiger partial charge on any atom is -0.308 e. The molecule has 4 aromatic rings. The van der Waals surface area contributed by atoms with Gasteiger partial charge in [-0.25, -0.2) is 9.78 Å². The van der Waals surface area contributed by atoms with Crippen molar-refractivity contribution in [2.45, 2.75) is 6.92 Å². The van der Waals surface area contributed by atoms with Crippen molar-refractivity contribution < 1.29 is 4.79 Å². The van der Waals surface area contributed by atoms with Crippen LogP contribution < -0.4 is 10.6 Å². The van der Waals surface area contributed by atoms with Crippen LogP contribution in [0, 0.1) is 6.92 Å². The Morgan fingerprint density at radius 1 is 1.15 bits per heavy atom. The zero-order valence-corrected chi connectivity index (χ0v) is 15.4. The van der Waals surface area contributed by atoms with E-state index in [1.165, 1.54) is 0 Å². The molecular weight excluding hydrogens is 368 g/mol. The van der Waals surface area contributed by atoms with E-state index in [1.54, 1.807) is 17.4 Å². The van der Waals surface area contributed by atoms with Crippen molar-refractivity contribution >= 4 is 45.3 Å². The Balaban J connectivity index is 1.46. The number of halogens is 1. The van der Waals surface area contributed by atoms with E-state index < -0.39 is 0 Å². The maximum atomic E-state index is 12.2. The molecule has 0 aliphatic heterocycles. The van der Waals surface area contributed by atoms with Gasteiger partial charge in [-0.3, -0.25) is 4.40 Å². The lowest BCUT2D eigenvalue weighted by molar-refractivity contribution is 0.262. The van der Waals surface area contributed by atoms with Crippen molar-refractivity contribution in [3.05, 3.63) is 70.8 Å². The quantitative estimate of drug-likeness (QED) is 0.479. The Bertz CT molecular complexity index is 1060. The number of aromatic nitrogens is 2. The summed E-state index contributed by atoms with van der Waals surface area (Å²) >= 11 is 7.70. The largest absolute Gasteiger partial charge is 0.323 e. The third-order valence-corrected chi connectivity index (χ3v) is 5.00. The van der Waals surface area contributed by atoms with E-state index in [9.17, 15) is 4.79 Å². The molecule has 2 amide bonds. The second-order valence-corrected chi connectivity index (χ2v) is 7.14. The second kappa shape index (κ2) is 6.82. The Hall–Kier alpha value is -2.83. The first-order chi connectivity index (χ1) is 12.6. The zero-order valence-electron chi connectivity index (χ0n) is 13.9. The maximum Gasteiger partial charge on any atom is 0.323 e. The third kappa shape index (κ3) is 3.42. The number of fused-ring (bicyclic) bond motifs is 1. The molecule has 2 aromatic heterocycles. The normalized spacial score (nSPS) is 10.8. The summed E-state index contributed by atoms with van der Waals surface area (Å²) in [6.45, 7) is 1.94. The lowest BCUT2D eigenvalue weighted by atomic mass is 10.1. The average molecular weight is 383 g/mol. The molecule has 7 heteroatoms. The van der Waals surface area contributed by atoms with Gasteiger partial charge in [0.25, 0.3) is 0 Å². The fourth-order valence-electron chi connectivity index (χ4n) is 2.61. The highest BCUT2D eigenvalue weighted by Crippen LogP contribution is 2.24. The lowest BCUT2D eigenvalue weighted by Crippen LogP contribution is -2.19. The summed E-state index contributed by atoms with van der Waals surface area (Å²) in [5, 5.41) is 8.07. The van der Waals surface area contributed by atoms with Crippen LogP contribution in [-0.2, 0) is 0 Å². The monoisotopic (exact) mass is 382 g/mol. The Labute approximate surface area is 159 Å². The van der Waals surface area contributed by atoms with E-state index in [1.807, 2.05) is 65.5 Å². The van der Waals surface area contributed by atoms with Crippen LogP contribution in [0.25, 0.3) is 16.2 Å². The fourth-order valence-corrected chi connectivity index (χ4v) is 3.48. The van der Waals surface area contributed by atoms with E-state index in [0.717, 1.165) is 21.8 Å². The Morgan fingerprint density at radius 3 is 2.73 bits per heavy atom. The van der Waals surface area contributed by atoms with Crippen LogP contribution in [0.15, 0.2) is 60.2 Å². The molecule has 26 heavy (non-hydrogen) atoms.